The molecule has 0 radical (unpaired) electrons. The fraction of sp³-hybridized carbons (Fsp3) is 0.500. The highest BCUT2D eigenvalue weighted by Gasteiger charge is 2.22. The van der Waals surface area contributed by atoms with Gasteiger partial charge in [-0.1, -0.05) is 12.8 Å². The van der Waals surface area contributed by atoms with Crippen LogP contribution in [0.25, 0.3) is 10.8 Å². The van der Waals surface area contributed by atoms with Crippen LogP contribution in [0.3, 0.4) is 0 Å². The normalized spacial score (nSPS) is 20.9. The van der Waals surface area contributed by atoms with E-state index in [2.05, 4.69) is 10.3 Å². The van der Waals surface area contributed by atoms with Gasteiger partial charge in [-0.15, -0.1) is 0 Å². The summed E-state index contributed by atoms with van der Waals surface area (Å²) in [4.78, 5) is 14.8. The minimum absolute atomic E-state index is 0.0778. The summed E-state index contributed by atoms with van der Waals surface area (Å²) in [7, 11) is 0. The Balaban J connectivity index is 1.63. The third-order valence-electron chi connectivity index (χ3n) is 4.93. The molecule has 1 aromatic heterocycles. The summed E-state index contributed by atoms with van der Waals surface area (Å²) in [5.74, 6) is 0.415. The average molecular weight is 329 g/mol. The third kappa shape index (κ3) is 3.64. The van der Waals surface area contributed by atoms with Crippen LogP contribution in [-0.4, -0.2) is 27.7 Å². The zero-order valence-electron chi connectivity index (χ0n) is 13.6. The highest BCUT2D eigenvalue weighted by molar-refractivity contribution is 5.99. The zero-order chi connectivity index (χ0) is 16.9. The Morgan fingerprint density at radius 3 is 2.88 bits per heavy atom. The summed E-state index contributed by atoms with van der Waals surface area (Å²) in [6, 6.07) is 5.09. The van der Waals surface area contributed by atoms with Gasteiger partial charge in [0.15, 0.2) is 0 Å². The van der Waals surface area contributed by atoms with Gasteiger partial charge in [-0.3, -0.25) is 15.1 Å². The lowest BCUT2D eigenvalue weighted by atomic mass is 9.83. The molecule has 2 N–H and O–H groups in total. The maximum Gasteiger partial charge on any atom is 0.278 e. The van der Waals surface area contributed by atoms with Crippen LogP contribution in [0.5, 0.6) is 0 Å². The van der Waals surface area contributed by atoms with Crippen molar-refractivity contribution >= 4 is 22.1 Å². The first-order chi connectivity index (χ1) is 11.7. The van der Waals surface area contributed by atoms with Crippen molar-refractivity contribution in [3.05, 3.63) is 40.7 Å². The van der Waals surface area contributed by atoms with Gasteiger partial charge in [0.1, 0.15) is 0 Å². The number of non-ortho nitro benzene ring substituents is 1. The van der Waals surface area contributed by atoms with Crippen LogP contribution in [-0.2, 0) is 0 Å². The molecule has 0 amide bonds. The molecular weight excluding hydrogens is 306 g/mol. The third-order valence-corrected chi connectivity index (χ3v) is 4.93. The molecule has 24 heavy (non-hydrogen) atoms. The van der Waals surface area contributed by atoms with E-state index in [9.17, 15) is 15.2 Å². The molecule has 1 heterocycles. The van der Waals surface area contributed by atoms with E-state index >= 15 is 0 Å². The van der Waals surface area contributed by atoms with Gasteiger partial charge in [0.2, 0.25) is 0 Å². The van der Waals surface area contributed by atoms with Crippen LogP contribution in [0.15, 0.2) is 30.6 Å². The number of nitro benzene ring substituents is 1. The highest BCUT2D eigenvalue weighted by atomic mass is 16.6. The number of hydrogen-bond donors (Lipinski definition) is 2. The first-order valence-electron chi connectivity index (χ1n) is 8.60. The predicted octanol–water partition coefficient (Wildman–Crippen LogP) is 3.89. The van der Waals surface area contributed by atoms with Crippen LogP contribution in [0, 0.1) is 16.0 Å². The van der Waals surface area contributed by atoms with Gasteiger partial charge in [-0.25, -0.2) is 0 Å². The van der Waals surface area contributed by atoms with E-state index in [1.165, 1.54) is 18.7 Å². The molecule has 1 aliphatic carbocycles. The summed E-state index contributed by atoms with van der Waals surface area (Å²) in [6.07, 6.45) is 9.43. The number of pyridine rings is 1. The average Bonchev–Trinajstić information content (AvgIpc) is 2.59. The molecule has 128 valence electrons. The predicted molar refractivity (Wildman–Crippen MR) is 94.1 cm³/mol. The molecule has 1 saturated carbocycles. The monoisotopic (exact) mass is 329 g/mol. The number of rotatable bonds is 6. The van der Waals surface area contributed by atoms with Gasteiger partial charge >= 0.3 is 0 Å². The van der Waals surface area contributed by atoms with Gasteiger partial charge in [-0.2, -0.15) is 0 Å². The maximum absolute atomic E-state index is 11.1. The lowest BCUT2D eigenvalue weighted by Crippen LogP contribution is -2.24. The Bertz CT molecular complexity index is 720. The molecule has 0 spiro atoms. The molecule has 0 bridgehead atoms. The van der Waals surface area contributed by atoms with E-state index in [4.69, 9.17) is 0 Å². The summed E-state index contributed by atoms with van der Waals surface area (Å²) in [6.45, 7) is 0.790. The SMILES string of the molecule is O=[N+]([O-])c1ccc(NCCCC2CCCCC2O)c2ccncc12. The smallest absolute Gasteiger partial charge is 0.278 e. The number of aliphatic hydroxyl groups excluding tert-OH is 1. The van der Waals surface area contributed by atoms with Gasteiger partial charge < -0.3 is 10.4 Å². The number of fused-ring (bicyclic) bond motifs is 1. The number of nitrogens with one attached hydrogen (secondary N) is 1. The number of nitro groups is 1. The molecule has 6 nitrogen and oxygen atoms in total. The van der Waals surface area contributed by atoms with Crippen LogP contribution in [0.2, 0.25) is 0 Å². The molecule has 2 atom stereocenters. The van der Waals surface area contributed by atoms with Crippen molar-refractivity contribution in [2.75, 3.05) is 11.9 Å². The van der Waals surface area contributed by atoms with Gasteiger partial charge in [0.05, 0.1) is 16.4 Å². The maximum atomic E-state index is 11.1. The minimum Gasteiger partial charge on any atom is -0.393 e. The van der Waals surface area contributed by atoms with E-state index in [0.717, 1.165) is 49.7 Å². The van der Waals surface area contributed by atoms with Crippen LogP contribution in [0.4, 0.5) is 11.4 Å². The Hall–Kier alpha value is -2.21. The van der Waals surface area contributed by atoms with Crippen LogP contribution >= 0.6 is 0 Å². The summed E-state index contributed by atoms with van der Waals surface area (Å²) < 4.78 is 0. The van der Waals surface area contributed by atoms with E-state index in [1.807, 2.05) is 0 Å². The van der Waals surface area contributed by atoms with Crippen molar-refractivity contribution in [2.45, 2.75) is 44.6 Å². The second kappa shape index (κ2) is 7.57. The molecule has 0 aliphatic heterocycles. The molecule has 2 aromatic rings. The molecule has 6 heteroatoms. The Labute approximate surface area is 141 Å². The fourth-order valence-corrected chi connectivity index (χ4v) is 3.60. The van der Waals surface area contributed by atoms with Crippen molar-refractivity contribution < 1.29 is 10.0 Å². The summed E-state index contributed by atoms with van der Waals surface area (Å²) in [5.41, 5.74) is 0.969. The van der Waals surface area contributed by atoms with E-state index in [-0.39, 0.29) is 16.7 Å². The van der Waals surface area contributed by atoms with Crippen molar-refractivity contribution in [1.82, 2.24) is 4.98 Å². The standard InChI is InChI=1S/C18H23N3O3/c22-18-6-2-1-4-13(18)5-3-10-20-16-7-8-17(21(23)24)15-12-19-11-9-14(15)16/h7-9,11-13,18,20,22H,1-6,10H2. The quantitative estimate of drug-likeness (QED) is 0.477. The largest absolute Gasteiger partial charge is 0.393 e. The summed E-state index contributed by atoms with van der Waals surface area (Å²) >= 11 is 0. The fourth-order valence-electron chi connectivity index (χ4n) is 3.60. The molecule has 1 fully saturated rings. The Morgan fingerprint density at radius 1 is 1.25 bits per heavy atom. The van der Waals surface area contributed by atoms with Gasteiger partial charge in [0.25, 0.3) is 5.69 Å². The van der Waals surface area contributed by atoms with Gasteiger partial charge in [-0.05, 0) is 43.7 Å². The van der Waals surface area contributed by atoms with Crippen LogP contribution in [0.1, 0.15) is 38.5 Å². The van der Waals surface area contributed by atoms with E-state index in [0.29, 0.717) is 11.3 Å². The zero-order valence-corrected chi connectivity index (χ0v) is 13.6. The Kier molecular flexibility index (Phi) is 5.25. The van der Waals surface area contributed by atoms with Crippen molar-refractivity contribution in [1.29, 1.82) is 0 Å². The number of benzene rings is 1. The number of hydrogen-bond acceptors (Lipinski definition) is 5. The molecule has 2 unspecified atom stereocenters. The Morgan fingerprint density at radius 2 is 2.08 bits per heavy atom. The number of anilines is 1. The van der Waals surface area contributed by atoms with Crippen molar-refractivity contribution in [3.8, 4) is 0 Å². The molecule has 3 rings (SSSR count). The number of nitrogens with zero attached hydrogens (tertiary/aromatic N) is 2. The molecular formula is C18H23N3O3. The number of aliphatic hydroxyl groups is 1. The first kappa shape index (κ1) is 16.6. The topological polar surface area (TPSA) is 88.3 Å². The highest BCUT2D eigenvalue weighted by Crippen LogP contribution is 2.31. The molecule has 0 saturated heterocycles. The second-order valence-electron chi connectivity index (χ2n) is 6.49. The van der Waals surface area contributed by atoms with Crippen molar-refractivity contribution in [3.63, 3.8) is 0 Å². The number of aromatic nitrogens is 1. The van der Waals surface area contributed by atoms with Crippen molar-refractivity contribution in [2.24, 2.45) is 5.92 Å². The second-order valence-corrected chi connectivity index (χ2v) is 6.49. The molecule has 1 aliphatic rings. The lowest BCUT2D eigenvalue weighted by Gasteiger charge is -2.27. The van der Waals surface area contributed by atoms with E-state index < -0.39 is 0 Å². The van der Waals surface area contributed by atoms with Gasteiger partial charge in [0, 0.05) is 36.1 Å². The lowest BCUT2D eigenvalue weighted by molar-refractivity contribution is -0.383. The van der Waals surface area contributed by atoms with Crippen LogP contribution < -0.4 is 5.32 Å². The molecule has 1 aromatic carbocycles. The van der Waals surface area contributed by atoms with E-state index in [1.54, 1.807) is 18.3 Å². The minimum atomic E-state index is -0.377. The first-order valence-corrected chi connectivity index (χ1v) is 8.60. The summed E-state index contributed by atoms with van der Waals surface area (Å²) in [5, 5.41) is 25.9.